The molecule has 0 radical (unpaired) electrons. The standard InChI is InChI=1S/C32H55N3O2.ClH/c1-6-7-16-33-19-21-35(22-20-33)31-13-12-28(34-17-14-29(15-18-34)37-24-23-36-5)25-30(31)26-8-10-27(11-9-26)32(2,3)4;/h12-13,25-27,29H,6-11,14-24H2,1-5H3;1H. The second-order valence-electron chi connectivity index (χ2n) is 12.9. The zero-order chi connectivity index (χ0) is 26.3. The summed E-state index contributed by atoms with van der Waals surface area (Å²) in [5.41, 5.74) is 5.01. The van der Waals surface area contributed by atoms with Crippen LogP contribution in [0.1, 0.15) is 90.5 Å². The number of anilines is 2. The molecule has 2 saturated heterocycles. The number of benzene rings is 1. The van der Waals surface area contributed by atoms with Crippen LogP contribution in [0.3, 0.4) is 0 Å². The van der Waals surface area contributed by atoms with E-state index >= 15 is 0 Å². The Morgan fingerprint density at radius 1 is 0.842 bits per heavy atom. The Balaban J connectivity index is 0.00000400. The molecule has 3 aliphatic rings. The van der Waals surface area contributed by atoms with E-state index < -0.39 is 0 Å². The quantitative estimate of drug-likeness (QED) is 0.293. The molecule has 0 N–H and O–H groups in total. The topological polar surface area (TPSA) is 28.2 Å². The number of hydrogen-bond acceptors (Lipinski definition) is 5. The van der Waals surface area contributed by atoms with E-state index in [1.165, 1.54) is 69.5 Å². The molecular formula is C32H56ClN3O2. The van der Waals surface area contributed by atoms with Crippen molar-refractivity contribution in [2.45, 2.75) is 91.1 Å². The fourth-order valence-electron chi connectivity index (χ4n) is 6.80. The molecule has 2 heterocycles. The number of unbranched alkanes of at least 4 members (excludes halogenated alkanes) is 1. The van der Waals surface area contributed by atoms with E-state index in [0.717, 1.165) is 44.9 Å². The number of nitrogens with zero attached hydrogens (tertiary/aromatic N) is 3. The van der Waals surface area contributed by atoms with Gasteiger partial charge in [0, 0.05) is 57.8 Å². The first-order valence-electron chi connectivity index (χ1n) is 15.4. The fraction of sp³-hybridized carbons (Fsp3) is 0.812. The molecule has 38 heavy (non-hydrogen) atoms. The van der Waals surface area contributed by atoms with Crippen LogP contribution in [0.15, 0.2) is 18.2 Å². The van der Waals surface area contributed by atoms with Gasteiger partial charge >= 0.3 is 0 Å². The fourth-order valence-corrected chi connectivity index (χ4v) is 6.80. The van der Waals surface area contributed by atoms with Crippen molar-refractivity contribution in [1.82, 2.24) is 4.90 Å². The maximum atomic E-state index is 6.03. The van der Waals surface area contributed by atoms with E-state index in [-0.39, 0.29) is 12.4 Å². The van der Waals surface area contributed by atoms with Crippen LogP contribution in [0.2, 0.25) is 0 Å². The largest absolute Gasteiger partial charge is 0.382 e. The summed E-state index contributed by atoms with van der Waals surface area (Å²) in [5.74, 6) is 1.55. The molecule has 1 aliphatic carbocycles. The van der Waals surface area contributed by atoms with Crippen molar-refractivity contribution in [3.8, 4) is 0 Å². The number of piperazine rings is 1. The number of methoxy groups -OCH3 is 1. The van der Waals surface area contributed by atoms with E-state index in [0.29, 0.717) is 30.7 Å². The number of halogens is 1. The Morgan fingerprint density at radius 3 is 2.13 bits per heavy atom. The Kier molecular flexibility index (Phi) is 12.5. The van der Waals surface area contributed by atoms with Gasteiger partial charge in [0.15, 0.2) is 0 Å². The molecule has 0 aromatic heterocycles. The lowest BCUT2D eigenvalue weighted by atomic mass is 9.68. The van der Waals surface area contributed by atoms with Gasteiger partial charge in [0.1, 0.15) is 0 Å². The van der Waals surface area contributed by atoms with Crippen LogP contribution in [0.4, 0.5) is 11.4 Å². The molecule has 1 aromatic rings. The maximum Gasteiger partial charge on any atom is 0.0704 e. The van der Waals surface area contributed by atoms with Gasteiger partial charge in [-0.3, -0.25) is 4.90 Å². The highest BCUT2D eigenvalue weighted by Gasteiger charge is 2.32. The third kappa shape index (κ3) is 8.49. The summed E-state index contributed by atoms with van der Waals surface area (Å²) in [6.07, 6.45) is 10.6. The number of ether oxygens (including phenoxy) is 2. The first-order chi connectivity index (χ1) is 17.9. The highest BCUT2D eigenvalue weighted by atomic mass is 35.5. The third-order valence-corrected chi connectivity index (χ3v) is 9.39. The van der Waals surface area contributed by atoms with Gasteiger partial charge in [0.25, 0.3) is 0 Å². The van der Waals surface area contributed by atoms with Crippen molar-refractivity contribution in [1.29, 1.82) is 0 Å². The molecule has 4 rings (SSSR count). The van der Waals surface area contributed by atoms with Gasteiger partial charge in [-0.25, -0.2) is 0 Å². The smallest absolute Gasteiger partial charge is 0.0704 e. The summed E-state index contributed by atoms with van der Waals surface area (Å²) in [6.45, 7) is 19.2. The van der Waals surface area contributed by atoms with E-state index in [2.05, 4.69) is 60.6 Å². The number of rotatable bonds is 10. The van der Waals surface area contributed by atoms with Gasteiger partial charge in [-0.15, -0.1) is 12.4 Å². The highest BCUT2D eigenvalue weighted by Crippen LogP contribution is 2.46. The van der Waals surface area contributed by atoms with Crippen molar-refractivity contribution >= 4 is 23.8 Å². The molecule has 6 heteroatoms. The van der Waals surface area contributed by atoms with Gasteiger partial charge in [-0.05, 0) is 92.5 Å². The van der Waals surface area contributed by atoms with Crippen LogP contribution >= 0.6 is 12.4 Å². The second-order valence-corrected chi connectivity index (χ2v) is 12.9. The molecule has 3 fully saturated rings. The highest BCUT2D eigenvalue weighted by molar-refractivity contribution is 5.85. The van der Waals surface area contributed by atoms with Gasteiger partial charge in [0.05, 0.1) is 19.3 Å². The Hall–Kier alpha value is -1.01. The summed E-state index contributed by atoms with van der Waals surface area (Å²) < 4.78 is 11.2. The first-order valence-corrected chi connectivity index (χ1v) is 15.4. The normalized spacial score (nSPS) is 23.9. The van der Waals surface area contributed by atoms with Gasteiger partial charge in [-0.1, -0.05) is 34.1 Å². The predicted octanol–water partition coefficient (Wildman–Crippen LogP) is 6.98. The van der Waals surface area contributed by atoms with E-state index in [9.17, 15) is 0 Å². The third-order valence-electron chi connectivity index (χ3n) is 9.39. The molecule has 0 spiro atoms. The van der Waals surface area contributed by atoms with Crippen LogP contribution in [0, 0.1) is 11.3 Å². The Bertz CT molecular complexity index is 805. The average molecular weight is 550 g/mol. The first kappa shape index (κ1) is 31.5. The Morgan fingerprint density at radius 2 is 1.53 bits per heavy atom. The monoisotopic (exact) mass is 549 g/mol. The molecule has 1 saturated carbocycles. The lowest BCUT2D eigenvalue weighted by Crippen LogP contribution is -2.47. The van der Waals surface area contributed by atoms with Crippen molar-refractivity contribution in [3.63, 3.8) is 0 Å². The number of piperidine rings is 1. The van der Waals surface area contributed by atoms with E-state index in [4.69, 9.17) is 9.47 Å². The van der Waals surface area contributed by atoms with Crippen molar-refractivity contribution in [2.75, 3.05) is 75.9 Å². The molecule has 0 atom stereocenters. The zero-order valence-corrected chi connectivity index (χ0v) is 25.9. The average Bonchev–Trinajstić information content (AvgIpc) is 2.92. The van der Waals surface area contributed by atoms with Gasteiger partial charge < -0.3 is 19.3 Å². The van der Waals surface area contributed by atoms with Crippen LogP contribution in [-0.4, -0.2) is 77.1 Å². The molecule has 218 valence electrons. The van der Waals surface area contributed by atoms with Crippen LogP contribution in [0.5, 0.6) is 0 Å². The van der Waals surface area contributed by atoms with Crippen molar-refractivity contribution in [2.24, 2.45) is 11.3 Å². The minimum Gasteiger partial charge on any atom is -0.382 e. The number of hydrogen-bond donors (Lipinski definition) is 0. The molecular weight excluding hydrogens is 494 g/mol. The van der Waals surface area contributed by atoms with Crippen molar-refractivity contribution in [3.05, 3.63) is 23.8 Å². The lowest BCUT2D eigenvalue weighted by molar-refractivity contribution is 0.00610. The molecule has 2 aliphatic heterocycles. The van der Waals surface area contributed by atoms with Gasteiger partial charge in [0.2, 0.25) is 0 Å². The minimum atomic E-state index is 0. The second kappa shape index (κ2) is 15.1. The van der Waals surface area contributed by atoms with Gasteiger partial charge in [-0.2, -0.15) is 0 Å². The summed E-state index contributed by atoms with van der Waals surface area (Å²) in [7, 11) is 1.75. The van der Waals surface area contributed by atoms with Crippen LogP contribution in [0.25, 0.3) is 0 Å². The molecule has 0 amide bonds. The Labute approximate surface area is 240 Å². The minimum absolute atomic E-state index is 0. The summed E-state index contributed by atoms with van der Waals surface area (Å²) in [4.78, 5) is 7.97. The van der Waals surface area contributed by atoms with Crippen LogP contribution in [-0.2, 0) is 9.47 Å². The lowest BCUT2D eigenvalue weighted by Gasteiger charge is -2.41. The predicted molar refractivity (Wildman–Crippen MR) is 164 cm³/mol. The summed E-state index contributed by atoms with van der Waals surface area (Å²) >= 11 is 0. The maximum absolute atomic E-state index is 6.03. The molecule has 0 unspecified atom stereocenters. The van der Waals surface area contributed by atoms with E-state index in [1.54, 1.807) is 12.7 Å². The SMILES string of the molecule is CCCCN1CCN(c2ccc(N3CCC(OCCOC)CC3)cc2C2CCC(C(C)(C)C)CC2)CC1.Cl. The van der Waals surface area contributed by atoms with Crippen molar-refractivity contribution < 1.29 is 9.47 Å². The van der Waals surface area contributed by atoms with E-state index in [1.807, 2.05) is 0 Å². The summed E-state index contributed by atoms with van der Waals surface area (Å²) in [6, 6.07) is 7.48. The molecule has 1 aromatic carbocycles. The van der Waals surface area contributed by atoms with Crippen LogP contribution < -0.4 is 9.80 Å². The zero-order valence-electron chi connectivity index (χ0n) is 25.1. The molecule has 5 nitrogen and oxygen atoms in total. The molecule has 0 bridgehead atoms. The summed E-state index contributed by atoms with van der Waals surface area (Å²) in [5, 5.41) is 0.